The number of rotatable bonds is 8. The van der Waals surface area contributed by atoms with Crippen molar-refractivity contribution in [1.29, 1.82) is 0 Å². The van der Waals surface area contributed by atoms with Gasteiger partial charge in [-0.05, 0) is 66.8 Å². The second-order valence-corrected chi connectivity index (χ2v) is 14.6. The average Bonchev–Trinajstić information content (AvgIpc) is 3.58. The molecule has 0 spiro atoms. The minimum Gasteiger partial charge on any atom is -0.497 e. The fraction of sp³-hybridized carbons (Fsp3) is 0.242. The largest absolute Gasteiger partial charge is 0.497 e. The third-order valence-corrected chi connectivity index (χ3v) is 11.2. The standard InChI is InChI=1S/C33H32N4O4S3/c1-23-15-17-35(18-16-23)44(39,40)29-10-6-7-25(19-29)31-26(22-37(34-31)27-8-4-3-5-9-27)20-30-32(38)36(33(42)43-30)21-24-11-13-28(41-2)14-12-24/h3-14,19-20,22-23H,15-18,21H2,1-2H3/b30-20-. The molecule has 226 valence electrons. The molecule has 0 bridgehead atoms. The molecule has 6 rings (SSSR count). The van der Waals surface area contributed by atoms with Crippen molar-refractivity contribution in [3.8, 4) is 22.7 Å². The van der Waals surface area contributed by atoms with Crippen molar-refractivity contribution in [2.24, 2.45) is 5.92 Å². The average molecular weight is 645 g/mol. The third kappa shape index (κ3) is 6.23. The number of aromatic nitrogens is 2. The van der Waals surface area contributed by atoms with Gasteiger partial charge in [0.05, 0.1) is 29.1 Å². The minimum absolute atomic E-state index is 0.190. The van der Waals surface area contributed by atoms with Crippen LogP contribution in [0.25, 0.3) is 23.0 Å². The summed E-state index contributed by atoms with van der Waals surface area (Å²) in [7, 11) is -2.05. The number of nitrogens with zero attached hydrogens (tertiary/aromatic N) is 4. The number of hydrogen-bond donors (Lipinski definition) is 0. The van der Waals surface area contributed by atoms with Crippen LogP contribution in [0.5, 0.6) is 5.75 Å². The second-order valence-electron chi connectivity index (χ2n) is 10.9. The van der Waals surface area contributed by atoms with Crippen LogP contribution in [0.4, 0.5) is 0 Å². The van der Waals surface area contributed by atoms with Crippen LogP contribution in [0.3, 0.4) is 0 Å². The predicted octanol–water partition coefficient (Wildman–Crippen LogP) is 6.37. The number of thioether (sulfide) groups is 1. The van der Waals surface area contributed by atoms with Crippen molar-refractivity contribution in [2.45, 2.75) is 31.2 Å². The van der Waals surface area contributed by atoms with E-state index < -0.39 is 10.0 Å². The van der Waals surface area contributed by atoms with Gasteiger partial charge in [-0.15, -0.1) is 0 Å². The smallest absolute Gasteiger partial charge is 0.266 e. The lowest BCUT2D eigenvalue weighted by Crippen LogP contribution is -2.37. The van der Waals surface area contributed by atoms with E-state index in [-0.39, 0.29) is 10.8 Å². The molecule has 0 unspecified atom stereocenters. The molecule has 0 radical (unpaired) electrons. The fourth-order valence-corrected chi connectivity index (χ4v) is 8.06. The third-order valence-electron chi connectivity index (χ3n) is 7.91. The zero-order valence-corrected chi connectivity index (χ0v) is 26.9. The molecule has 2 aliphatic heterocycles. The van der Waals surface area contributed by atoms with Gasteiger partial charge in [0.25, 0.3) is 5.91 Å². The highest BCUT2D eigenvalue weighted by molar-refractivity contribution is 8.26. The van der Waals surface area contributed by atoms with Gasteiger partial charge in [-0.1, -0.05) is 73.4 Å². The first-order valence-electron chi connectivity index (χ1n) is 14.4. The number of methoxy groups -OCH3 is 1. The number of thiocarbonyl (C=S) groups is 1. The molecule has 8 nitrogen and oxygen atoms in total. The van der Waals surface area contributed by atoms with Gasteiger partial charge in [0.2, 0.25) is 10.0 Å². The monoisotopic (exact) mass is 644 g/mol. The van der Waals surface area contributed by atoms with E-state index in [9.17, 15) is 13.2 Å². The summed E-state index contributed by atoms with van der Waals surface area (Å²) < 4.78 is 36.2. The molecule has 4 aromatic rings. The number of hydrogen-bond acceptors (Lipinski definition) is 7. The lowest BCUT2D eigenvalue weighted by molar-refractivity contribution is -0.122. The number of para-hydroxylation sites is 1. The lowest BCUT2D eigenvalue weighted by atomic mass is 10.0. The van der Waals surface area contributed by atoms with E-state index in [1.807, 2.05) is 66.9 Å². The Bertz CT molecular complexity index is 1830. The maximum atomic E-state index is 13.6. The van der Waals surface area contributed by atoms with Crippen molar-refractivity contribution in [3.05, 3.63) is 101 Å². The Morgan fingerprint density at radius 1 is 1.02 bits per heavy atom. The van der Waals surface area contributed by atoms with Crippen LogP contribution < -0.4 is 4.74 Å². The van der Waals surface area contributed by atoms with E-state index in [0.717, 1.165) is 29.8 Å². The minimum atomic E-state index is -3.66. The van der Waals surface area contributed by atoms with Crippen molar-refractivity contribution in [3.63, 3.8) is 0 Å². The molecule has 3 heterocycles. The van der Waals surface area contributed by atoms with Crippen LogP contribution in [0.1, 0.15) is 30.9 Å². The Balaban J connectivity index is 1.35. The number of benzene rings is 3. The van der Waals surface area contributed by atoms with Gasteiger partial charge in [-0.3, -0.25) is 9.69 Å². The second kappa shape index (κ2) is 12.7. The molecule has 0 atom stereocenters. The summed E-state index contributed by atoms with van der Waals surface area (Å²) in [5.41, 5.74) is 3.67. The molecule has 0 N–H and O–H groups in total. The summed E-state index contributed by atoms with van der Waals surface area (Å²) in [4.78, 5) is 15.9. The molecule has 2 saturated heterocycles. The molecule has 1 amide bonds. The molecular formula is C33H32N4O4S3. The van der Waals surface area contributed by atoms with Crippen molar-refractivity contribution >= 4 is 50.3 Å². The van der Waals surface area contributed by atoms with Crippen LogP contribution in [0.15, 0.2) is 94.9 Å². The van der Waals surface area contributed by atoms with E-state index in [1.54, 1.807) is 45.3 Å². The summed E-state index contributed by atoms with van der Waals surface area (Å²) in [6.07, 6.45) is 5.35. The topological polar surface area (TPSA) is 84.7 Å². The molecule has 0 aliphatic carbocycles. The number of amides is 1. The number of sulfonamides is 1. The van der Waals surface area contributed by atoms with Gasteiger partial charge in [-0.2, -0.15) is 9.40 Å². The molecule has 11 heteroatoms. The molecule has 1 aromatic heterocycles. The number of ether oxygens (including phenoxy) is 1. The van der Waals surface area contributed by atoms with Crippen LogP contribution in [0.2, 0.25) is 0 Å². The van der Waals surface area contributed by atoms with E-state index in [2.05, 4.69) is 6.92 Å². The lowest BCUT2D eigenvalue weighted by Gasteiger charge is -2.29. The van der Waals surface area contributed by atoms with Crippen molar-refractivity contribution in [1.82, 2.24) is 19.0 Å². The van der Waals surface area contributed by atoms with Gasteiger partial charge in [0.15, 0.2) is 0 Å². The highest BCUT2D eigenvalue weighted by atomic mass is 32.2. The zero-order valence-electron chi connectivity index (χ0n) is 24.4. The van der Waals surface area contributed by atoms with Crippen LogP contribution >= 0.6 is 24.0 Å². The predicted molar refractivity (Wildman–Crippen MR) is 178 cm³/mol. The Labute approximate surface area is 267 Å². The Morgan fingerprint density at radius 3 is 2.45 bits per heavy atom. The molecule has 44 heavy (non-hydrogen) atoms. The SMILES string of the molecule is COc1ccc(CN2C(=O)/C(=C/c3cn(-c4ccccc4)nc3-c3cccc(S(=O)(=O)N4CCC(C)CC4)c3)SC2=S)cc1. The molecule has 3 aromatic carbocycles. The first kappa shape index (κ1) is 30.3. The Kier molecular flexibility index (Phi) is 8.73. The maximum Gasteiger partial charge on any atom is 0.266 e. The van der Waals surface area contributed by atoms with Crippen LogP contribution in [-0.2, 0) is 21.4 Å². The first-order valence-corrected chi connectivity index (χ1v) is 17.0. The summed E-state index contributed by atoms with van der Waals surface area (Å²) in [5, 5.41) is 4.87. The van der Waals surface area contributed by atoms with E-state index in [4.69, 9.17) is 22.1 Å². The van der Waals surface area contributed by atoms with Gasteiger partial charge in [0, 0.05) is 30.4 Å². The van der Waals surface area contributed by atoms with Crippen LogP contribution in [0, 0.1) is 5.92 Å². The van der Waals surface area contributed by atoms with Crippen molar-refractivity contribution in [2.75, 3.05) is 20.2 Å². The summed E-state index contributed by atoms with van der Waals surface area (Å²) in [6, 6.07) is 24.1. The zero-order chi connectivity index (χ0) is 30.8. The maximum absolute atomic E-state index is 13.6. The highest BCUT2D eigenvalue weighted by Gasteiger charge is 2.33. The molecular weight excluding hydrogens is 613 g/mol. The van der Waals surface area contributed by atoms with Gasteiger partial charge < -0.3 is 4.74 Å². The van der Waals surface area contributed by atoms with Gasteiger partial charge >= 0.3 is 0 Å². The normalized spacial score (nSPS) is 17.5. The number of carbonyl (C=O) groups excluding carboxylic acids is 1. The van der Waals surface area contributed by atoms with Gasteiger partial charge in [0.1, 0.15) is 15.8 Å². The number of piperidine rings is 1. The van der Waals surface area contributed by atoms with Crippen molar-refractivity contribution < 1.29 is 17.9 Å². The number of carbonyl (C=O) groups is 1. The Hall–Kier alpha value is -3.77. The molecule has 2 fully saturated rings. The first-order chi connectivity index (χ1) is 21.2. The molecule has 0 saturated carbocycles. The quantitative estimate of drug-likeness (QED) is 0.163. The Morgan fingerprint density at radius 2 is 1.75 bits per heavy atom. The van der Waals surface area contributed by atoms with Gasteiger partial charge in [-0.25, -0.2) is 13.1 Å². The van der Waals surface area contributed by atoms with E-state index in [1.165, 1.54) is 11.8 Å². The fourth-order valence-electron chi connectivity index (χ4n) is 5.30. The van der Waals surface area contributed by atoms with E-state index in [0.29, 0.717) is 51.6 Å². The summed E-state index contributed by atoms with van der Waals surface area (Å²) in [6.45, 7) is 3.53. The molecule has 2 aliphatic rings. The summed E-state index contributed by atoms with van der Waals surface area (Å²) in [5.74, 6) is 1.07. The summed E-state index contributed by atoms with van der Waals surface area (Å²) >= 11 is 6.85. The van der Waals surface area contributed by atoms with E-state index >= 15 is 0 Å². The van der Waals surface area contributed by atoms with Crippen LogP contribution in [-0.4, -0.2) is 57.8 Å². The highest BCUT2D eigenvalue weighted by Crippen LogP contribution is 2.36.